The minimum absolute atomic E-state index is 0.0549. The van der Waals surface area contributed by atoms with Crippen LogP contribution in [0.15, 0.2) is 0 Å². The lowest BCUT2D eigenvalue weighted by Crippen LogP contribution is -2.58. The Bertz CT molecular complexity index is 471. The first-order valence-corrected chi connectivity index (χ1v) is 10.3. The molecule has 134 valence electrons. The van der Waals surface area contributed by atoms with E-state index in [-0.39, 0.29) is 5.60 Å². The summed E-state index contributed by atoms with van der Waals surface area (Å²) in [7, 11) is 0. The van der Waals surface area contributed by atoms with Crippen LogP contribution in [-0.4, -0.2) is 49.2 Å². The van der Waals surface area contributed by atoms with Crippen LogP contribution in [0.4, 0.5) is 0 Å². The molecule has 4 nitrogen and oxygen atoms in total. The largest absolute Gasteiger partial charge is 0.371 e. The summed E-state index contributed by atoms with van der Waals surface area (Å²) in [5.41, 5.74) is 0.312. The Labute approximate surface area is 145 Å². The summed E-state index contributed by atoms with van der Waals surface area (Å²) in [5.74, 6) is 3.23. The number of nitrogens with one attached hydrogen (secondary N) is 1. The molecule has 2 aliphatic heterocycles. The third-order valence-corrected chi connectivity index (χ3v) is 7.81. The van der Waals surface area contributed by atoms with Crippen LogP contribution in [0.3, 0.4) is 0 Å². The van der Waals surface area contributed by atoms with Gasteiger partial charge in [-0.2, -0.15) is 0 Å². The van der Waals surface area contributed by atoms with Gasteiger partial charge in [-0.1, -0.05) is 0 Å². The zero-order valence-electron chi connectivity index (χ0n) is 14.9. The average Bonchev–Trinajstić information content (AvgIpc) is 2.54. The Morgan fingerprint density at radius 2 is 1.67 bits per heavy atom. The SMILES string of the molecule is O=C(CC12CC3CC(CC(C3)C1)C2)N1CCOC2(CCNCC2)C1. The highest BCUT2D eigenvalue weighted by molar-refractivity contribution is 5.77. The Balaban J connectivity index is 1.27. The van der Waals surface area contributed by atoms with E-state index in [1.807, 2.05) is 0 Å². The summed E-state index contributed by atoms with van der Waals surface area (Å²) < 4.78 is 6.15. The number of piperidine rings is 1. The molecule has 1 N–H and O–H groups in total. The lowest BCUT2D eigenvalue weighted by Gasteiger charge is -2.57. The molecule has 6 fully saturated rings. The number of carbonyl (C=O) groups is 1. The standard InChI is InChI=1S/C20H32N2O2/c23-18(22-5-6-24-20(14-22)1-3-21-4-2-20)13-19-10-15-7-16(11-19)9-17(8-15)12-19/h15-17,21H,1-14H2. The summed E-state index contributed by atoms with van der Waals surface area (Å²) >= 11 is 0. The van der Waals surface area contributed by atoms with Crippen LogP contribution in [-0.2, 0) is 9.53 Å². The van der Waals surface area contributed by atoms with Gasteiger partial charge in [-0.15, -0.1) is 0 Å². The highest BCUT2D eigenvalue weighted by Gasteiger charge is 2.52. The molecule has 2 saturated heterocycles. The number of morpholine rings is 1. The van der Waals surface area contributed by atoms with Crippen LogP contribution in [0.5, 0.6) is 0 Å². The van der Waals surface area contributed by atoms with Crippen LogP contribution < -0.4 is 5.32 Å². The normalized spacial score (nSPS) is 43.3. The van der Waals surface area contributed by atoms with Crippen molar-refractivity contribution in [2.75, 3.05) is 32.8 Å². The van der Waals surface area contributed by atoms with Crippen LogP contribution in [0, 0.1) is 23.2 Å². The van der Waals surface area contributed by atoms with E-state index in [4.69, 9.17) is 4.74 Å². The van der Waals surface area contributed by atoms with Gasteiger partial charge in [-0.3, -0.25) is 4.79 Å². The van der Waals surface area contributed by atoms with Gasteiger partial charge in [0.25, 0.3) is 0 Å². The summed E-state index contributed by atoms with van der Waals surface area (Å²) in [4.78, 5) is 15.3. The number of carbonyl (C=O) groups excluding carboxylic acids is 1. The van der Waals surface area contributed by atoms with Gasteiger partial charge in [0.15, 0.2) is 0 Å². The molecule has 4 aliphatic carbocycles. The Hall–Kier alpha value is -0.610. The summed E-state index contributed by atoms with van der Waals surface area (Å²) in [6.07, 6.45) is 11.3. The molecule has 4 bridgehead atoms. The van der Waals surface area contributed by atoms with E-state index in [1.54, 1.807) is 0 Å². The molecule has 1 spiro atoms. The molecule has 0 unspecified atom stereocenters. The fourth-order valence-corrected chi connectivity index (χ4v) is 7.18. The van der Waals surface area contributed by atoms with Crippen molar-refractivity contribution in [3.63, 3.8) is 0 Å². The zero-order valence-corrected chi connectivity index (χ0v) is 14.9. The molecule has 0 radical (unpaired) electrons. The smallest absolute Gasteiger partial charge is 0.223 e. The molecular formula is C20H32N2O2. The van der Waals surface area contributed by atoms with Gasteiger partial charge in [0.2, 0.25) is 5.91 Å². The minimum atomic E-state index is -0.0549. The quantitative estimate of drug-likeness (QED) is 0.845. The van der Waals surface area contributed by atoms with Gasteiger partial charge in [0.05, 0.1) is 12.2 Å². The topological polar surface area (TPSA) is 41.6 Å². The van der Waals surface area contributed by atoms with Gasteiger partial charge in [-0.25, -0.2) is 0 Å². The molecule has 4 heteroatoms. The second-order valence-corrected chi connectivity index (χ2v) is 9.69. The van der Waals surface area contributed by atoms with Crippen molar-refractivity contribution in [3.05, 3.63) is 0 Å². The summed E-state index contributed by atoms with van der Waals surface area (Å²) in [6, 6.07) is 0. The summed E-state index contributed by atoms with van der Waals surface area (Å²) in [5, 5.41) is 3.42. The number of ether oxygens (including phenoxy) is 1. The van der Waals surface area contributed by atoms with E-state index >= 15 is 0 Å². The molecule has 0 aromatic rings. The molecule has 0 aromatic carbocycles. The van der Waals surface area contributed by atoms with Gasteiger partial charge in [-0.05, 0) is 87.6 Å². The predicted molar refractivity (Wildman–Crippen MR) is 92.6 cm³/mol. The van der Waals surface area contributed by atoms with Gasteiger partial charge in [0.1, 0.15) is 0 Å². The van der Waals surface area contributed by atoms with Crippen LogP contribution in [0.2, 0.25) is 0 Å². The number of hydrogen-bond acceptors (Lipinski definition) is 3. The average molecular weight is 332 g/mol. The molecule has 0 atom stereocenters. The van der Waals surface area contributed by atoms with E-state index < -0.39 is 0 Å². The summed E-state index contributed by atoms with van der Waals surface area (Å²) in [6.45, 7) is 4.42. The maximum absolute atomic E-state index is 13.2. The van der Waals surface area contributed by atoms with Crippen molar-refractivity contribution in [2.24, 2.45) is 23.2 Å². The number of hydrogen-bond donors (Lipinski definition) is 1. The van der Waals surface area contributed by atoms with E-state index in [0.717, 1.165) is 69.8 Å². The van der Waals surface area contributed by atoms with Crippen LogP contribution >= 0.6 is 0 Å². The van der Waals surface area contributed by atoms with Gasteiger partial charge >= 0.3 is 0 Å². The Morgan fingerprint density at radius 3 is 2.29 bits per heavy atom. The van der Waals surface area contributed by atoms with E-state index in [9.17, 15) is 4.79 Å². The first-order chi connectivity index (χ1) is 11.6. The van der Waals surface area contributed by atoms with E-state index in [2.05, 4.69) is 10.2 Å². The van der Waals surface area contributed by atoms with Crippen molar-refractivity contribution < 1.29 is 9.53 Å². The molecule has 0 aromatic heterocycles. The lowest BCUT2D eigenvalue weighted by molar-refractivity contribution is -0.160. The number of rotatable bonds is 2. The lowest BCUT2D eigenvalue weighted by atomic mass is 9.49. The van der Waals surface area contributed by atoms with Crippen LogP contribution in [0.1, 0.15) is 57.8 Å². The zero-order chi connectivity index (χ0) is 16.2. The minimum Gasteiger partial charge on any atom is -0.371 e. The maximum atomic E-state index is 13.2. The van der Waals surface area contributed by atoms with E-state index in [0.29, 0.717) is 11.3 Å². The van der Waals surface area contributed by atoms with Crippen LogP contribution in [0.25, 0.3) is 0 Å². The van der Waals surface area contributed by atoms with Crippen molar-refractivity contribution in [3.8, 4) is 0 Å². The molecule has 6 aliphatic rings. The monoisotopic (exact) mass is 332 g/mol. The Morgan fingerprint density at radius 1 is 1.04 bits per heavy atom. The first kappa shape index (κ1) is 15.6. The Kier molecular flexibility index (Phi) is 3.71. The van der Waals surface area contributed by atoms with E-state index in [1.165, 1.54) is 38.5 Å². The second kappa shape index (κ2) is 5.70. The second-order valence-electron chi connectivity index (χ2n) is 9.69. The highest BCUT2D eigenvalue weighted by Crippen LogP contribution is 2.61. The third kappa shape index (κ3) is 2.70. The molecule has 6 rings (SSSR count). The molecule has 24 heavy (non-hydrogen) atoms. The van der Waals surface area contributed by atoms with Gasteiger partial charge < -0.3 is 15.0 Å². The number of amides is 1. The van der Waals surface area contributed by atoms with Crippen molar-refractivity contribution >= 4 is 5.91 Å². The maximum Gasteiger partial charge on any atom is 0.223 e. The predicted octanol–water partition coefficient (Wildman–Crippen LogP) is 2.57. The van der Waals surface area contributed by atoms with Crippen molar-refractivity contribution in [1.82, 2.24) is 10.2 Å². The van der Waals surface area contributed by atoms with Gasteiger partial charge in [0, 0.05) is 19.5 Å². The molecular weight excluding hydrogens is 300 g/mol. The fourth-order valence-electron chi connectivity index (χ4n) is 7.18. The number of nitrogens with zero attached hydrogens (tertiary/aromatic N) is 1. The first-order valence-electron chi connectivity index (χ1n) is 10.3. The molecule has 4 saturated carbocycles. The van der Waals surface area contributed by atoms with Crippen molar-refractivity contribution in [1.29, 1.82) is 0 Å². The molecule has 1 amide bonds. The molecule has 2 heterocycles. The third-order valence-electron chi connectivity index (χ3n) is 7.81. The fraction of sp³-hybridized carbons (Fsp3) is 0.950. The van der Waals surface area contributed by atoms with Crippen molar-refractivity contribution in [2.45, 2.75) is 63.4 Å². The highest BCUT2D eigenvalue weighted by atomic mass is 16.5.